The van der Waals surface area contributed by atoms with E-state index in [0.717, 1.165) is 23.8 Å². The molecule has 0 atom stereocenters. The van der Waals surface area contributed by atoms with Crippen LogP contribution in [-0.4, -0.2) is 5.97 Å². The second-order valence-electron chi connectivity index (χ2n) is 4.20. The maximum atomic E-state index is 11.5. The Labute approximate surface area is 113 Å². The zero-order valence-corrected chi connectivity index (χ0v) is 10.9. The molecule has 0 amide bonds. The van der Waals surface area contributed by atoms with Crippen LogP contribution in [-0.2, 0) is 11.2 Å². The average Bonchev–Trinajstić information content (AvgIpc) is 2.48. The fourth-order valence-corrected chi connectivity index (χ4v) is 1.88. The van der Waals surface area contributed by atoms with Crippen LogP contribution < -0.4 is 0 Å². The molecule has 0 aliphatic rings. The molecular weight excluding hydrogens is 236 g/mol. The second-order valence-corrected chi connectivity index (χ2v) is 4.20. The van der Waals surface area contributed by atoms with Crippen LogP contribution in [0, 0.1) is 0 Å². The summed E-state index contributed by atoms with van der Waals surface area (Å²) >= 11 is 0. The minimum atomic E-state index is -0.386. The maximum Gasteiger partial charge on any atom is 0.342 e. The molecule has 0 radical (unpaired) electrons. The highest BCUT2D eigenvalue weighted by Gasteiger charge is 2.05. The number of ether oxygens (including phenoxy) is 1. The highest BCUT2D eigenvalue weighted by Crippen LogP contribution is 2.20. The molecule has 19 heavy (non-hydrogen) atoms. The summed E-state index contributed by atoms with van der Waals surface area (Å²) in [6.45, 7) is 5.50. The predicted molar refractivity (Wildman–Crippen MR) is 76.9 cm³/mol. The number of esters is 1. The summed E-state index contributed by atoms with van der Waals surface area (Å²) in [6, 6.07) is 15.8. The van der Waals surface area contributed by atoms with Gasteiger partial charge in [-0.1, -0.05) is 49.9 Å². The van der Waals surface area contributed by atoms with Crippen molar-refractivity contribution in [2.24, 2.45) is 0 Å². The van der Waals surface area contributed by atoms with Crippen molar-refractivity contribution < 1.29 is 9.53 Å². The molecule has 96 valence electrons. The summed E-state index contributed by atoms with van der Waals surface area (Å²) in [5.41, 5.74) is 4.06. The molecule has 0 aromatic heterocycles. The summed E-state index contributed by atoms with van der Waals surface area (Å²) < 4.78 is 4.73. The first-order chi connectivity index (χ1) is 9.24. The van der Waals surface area contributed by atoms with E-state index in [1.807, 2.05) is 12.1 Å². The molecule has 0 saturated heterocycles. The minimum Gasteiger partial charge on any atom is -0.432 e. The molecule has 0 aliphatic carbocycles. The third-order valence-corrected chi connectivity index (χ3v) is 3.01. The third-order valence-electron chi connectivity index (χ3n) is 3.01. The van der Waals surface area contributed by atoms with E-state index in [0.29, 0.717) is 5.56 Å². The number of benzene rings is 2. The normalized spacial score (nSPS) is 9.95. The van der Waals surface area contributed by atoms with Crippen molar-refractivity contribution in [2.45, 2.75) is 13.3 Å². The molecule has 2 nitrogen and oxygen atoms in total. The molecular formula is C17H16O2. The van der Waals surface area contributed by atoms with Gasteiger partial charge in [-0.05, 0) is 35.2 Å². The van der Waals surface area contributed by atoms with Crippen molar-refractivity contribution in [3.05, 3.63) is 72.5 Å². The van der Waals surface area contributed by atoms with Crippen LogP contribution in [0.1, 0.15) is 22.8 Å². The van der Waals surface area contributed by atoms with E-state index in [1.165, 1.54) is 5.56 Å². The number of hydrogen-bond donors (Lipinski definition) is 0. The molecule has 0 spiro atoms. The van der Waals surface area contributed by atoms with Gasteiger partial charge in [0.05, 0.1) is 11.8 Å². The molecule has 0 fully saturated rings. The Balaban J connectivity index is 2.21. The van der Waals surface area contributed by atoms with Crippen LogP contribution in [0.3, 0.4) is 0 Å². The fraction of sp³-hybridized carbons (Fsp3) is 0.118. The topological polar surface area (TPSA) is 26.3 Å². The highest BCUT2D eigenvalue weighted by atomic mass is 16.5. The van der Waals surface area contributed by atoms with E-state index in [2.05, 4.69) is 37.8 Å². The van der Waals surface area contributed by atoms with Crippen LogP contribution in [0.5, 0.6) is 0 Å². The molecule has 2 heteroatoms. The van der Waals surface area contributed by atoms with Crippen molar-refractivity contribution in [1.29, 1.82) is 0 Å². The maximum absolute atomic E-state index is 11.5. The van der Waals surface area contributed by atoms with Crippen molar-refractivity contribution in [3.8, 4) is 11.1 Å². The molecule has 0 aliphatic heterocycles. The van der Waals surface area contributed by atoms with E-state index in [9.17, 15) is 4.79 Å². The average molecular weight is 252 g/mol. The summed E-state index contributed by atoms with van der Waals surface area (Å²) in [5.74, 6) is -0.386. The van der Waals surface area contributed by atoms with Crippen molar-refractivity contribution in [1.82, 2.24) is 0 Å². The van der Waals surface area contributed by atoms with Gasteiger partial charge in [0.1, 0.15) is 0 Å². The molecule has 0 N–H and O–H groups in total. The molecule has 0 saturated carbocycles. The molecule has 0 heterocycles. The Hall–Kier alpha value is -2.35. The number of carbonyl (C=O) groups is 1. The van der Waals surface area contributed by atoms with Gasteiger partial charge in [-0.25, -0.2) is 4.79 Å². The van der Waals surface area contributed by atoms with Crippen molar-refractivity contribution >= 4 is 5.97 Å². The second kappa shape index (κ2) is 6.01. The van der Waals surface area contributed by atoms with Crippen molar-refractivity contribution in [2.75, 3.05) is 0 Å². The van der Waals surface area contributed by atoms with Crippen LogP contribution in [0.4, 0.5) is 0 Å². The van der Waals surface area contributed by atoms with Gasteiger partial charge in [0.2, 0.25) is 0 Å². The van der Waals surface area contributed by atoms with Gasteiger partial charge < -0.3 is 4.74 Å². The van der Waals surface area contributed by atoms with Crippen LogP contribution in [0.15, 0.2) is 61.4 Å². The Morgan fingerprint density at radius 2 is 1.58 bits per heavy atom. The first kappa shape index (κ1) is 13.1. The van der Waals surface area contributed by atoms with E-state index in [1.54, 1.807) is 12.1 Å². The monoisotopic (exact) mass is 252 g/mol. The Bertz CT molecular complexity index is 565. The first-order valence-electron chi connectivity index (χ1n) is 6.26. The van der Waals surface area contributed by atoms with Crippen LogP contribution >= 0.6 is 0 Å². The SMILES string of the molecule is C=COC(=O)c1ccc(-c2ccc(CC)cc2)cc1. The number of hydrogen-bond acceptors (Lipinski definition) is 2. The third kappa shape index (κ3) is 3.10. The van der Waals surface area contributed by atoms with E-state index in [-0.39, 0.29) is 5.97 Å². The van der Waals surface area contributed by atoms with Gasteiger partial charge in [0, 0.05) is 0 Å². The zero-order valence-electron chi connectivity index (χ0n) is 10.9. The van der Waals surface area contributed by atoms with Crippen LogP contribution in [0.25, 0.3) is 11.1 Å². The van der Waals surface area contributed by atoms with Crippen molar-refractivity contribution in [3.63, 3.8) is 0 Å². The zero-order chi connectivity index (χ0) is 13.7. The predicted octanol–water partition coefficient (Wildman–Crippen LogP) is 4.22. The summed E-state index contributed by atoms with van der Waals surface area (Å²) in [5, 5.41) is 0. The number of aryl methyl sites for hydroxylation is 1. The van der Waals surface area contributed by atoms with E-state index >= 15 is 0 Å². The molecule has 0 unspecified atom stereocenters. The van der Waals surface area contributed by atoms with Gasteiger partial charge in [-0.2, -0.15) is 0 Å². The summed E-state index contributed by atoms with van der Waals surface area (Å²) in [6.07, 6.45) is 2.17. The smallest absolute Gasteiger partial charge is 0.342 e. The van der Waals surface area contributed by atoms with Crippen LogP contribution in [0.2, 0.25) is 0 Å². The first-order valence-corrected chi connectivity index (χ1v) is 6.26. The van der Waals surface area contributed by atoms with Gasteiger partial charge in [-0.3, -0.25) is 0 Å². The Morgan fingerprint density at radius 1 is 1.05 bits per heavy atom. The van der Waals surface area contributed by atoms with E-state index < -0.39 is 0 Å². The lowest BCUT2D eigenvalue weighted by Gasteiger charge is -2.04. The fourth-order valence-electron chi connectivity index (χ4n) is 1.88. The highest BCUT2D eigenvalue weighted by molar-refractivity contribution is 5.90. The summed E-state index contributed by atoms with van der Waals surface area (Å²) in [7, 11) is 0. The Kier molecular flexibility index (Phi) is 4.14. The summed E-state index contributed by atoms with van der Waals surface area (Å²) in [4.78, 5) is 11.5. The van der Waals surface area contributed by atoms with Gasteiger partial charge in [-0.15, -0.1) is 0 Å². The molecule has 2 rings (SSSR count). The molecule has 2 aromatic carbocycles. The molecule has 2 aromatic rings. The Morgan fingerprint density at radius 3 is 2.05 bits per heavy atom. The lowest BCUT2D eigenvalue weighted by molar-refractivity contribution is 0.0664. The lowest BCUT2D eigenvalue weighted by Crippen LogP contribution is -1.99. The van der Waals surface area contributed by atoms with Gasteiger partial charge in [0.25, 0.3) is 0 Å². The minimum absolute atomic E-state index is 0.386. The van der Waals surface area contributed by atoms with Gasteiger partial charge in [0.15, 0.2) is 0 Å². The standard InChI is InChI=1S/C17H16O2/c1-3-13-5-7-14(8-6-13)15-9-11-16(12-10-15)17(18)19-4-2/h4-12H,2-3H2,1H3. The quantitative estimate of drug-likeness (QED) is 0.601. The number of rotatable bonds is 4. The molecule has 0 bridgehead atoms. The number of carbonyl (C=O) groups excluding carboxylic acids is 1. The van der Waals surface area contributed by atoms with Gasteiger partial charge >= 0.3 is 5.97 Å². The lowest BCUT2D eigenvalue weighted by atomic mass is 10.0. The largest absolute Gasteiger partial charge is 0.432 e. The van der Waals surface area contributed by atoms with E-state index in [4.69, 9.17) is 4.74 Å².